The summed E-state index contributed by atoms with van der Waals surface area (Å²) >= 11 is 0. The van der Waals surface area contributed by atoms with Crippen molar-refractivity contribution in [3.8, 4) is 0 Å². The van der Waals surface area contributed by atoms with Crippen LogP contribution in [0.1, 0.15) is 123 Å². The first-order chi connectivity index (χ1) is 14.0. The molecule has 172 valence electrons. The molecule has 0 aromatic carbocycles. The average molecular weight is 436 g/mol. The Bertz CT molecular complexity index is 425. The third kappa shape index (κ3) is 38.0. The monoisotopic (exact) mass is 435 g/mol. The molecule has 0 aliphatic rings. The van der Waals surface area contributed by atoms with Crippen molar-refractivity contribution in [3.63, 3.8) is 0 Å². The topological polar surface area (TPSA) is 87.0 Å². The van der Waals surface area contributed by atoms with E-state index in [1.165, 1.54) is 96.1 Å². The number of hydrogen-bond donors (Lipinski definition) is 2. The van der Waals surface area contributed by atoms with Crippen LogP contribution in [0.25, 0.3) is 0 Å². The number of carbonyl (C=O) groups is 2. The van der Waals surface area contributed by atoms with Crippen molar-refractivity contribution in [2.45, 2.75) is 123 Å². The van der Waals surface area contributed by atoms with Crippen molar-refractivity contribution in [1.29, 1.82) is 0 Å². The Morgan fingerprint density at radius 1 is 0.700 bits per heavy atom. The first-order valence-corrected chi connectivity index (χ1v) is 11.6. The molecule has 0 amide bonds. The number of unbranched alkanes of at least 4 members (excludes halogenated alkanes) is 14. The Balaban J connectivity index is -0.00000108. The molecule has 0 atom stereocenters. The molecule has 0 spiro atoms. The number of allylic oxidation sites excluding steroid dienone is 1. The first kappa shape index (κ1) is 34.0. The van der Waals surface area contributed by atoms with E-state index in [4.69, 9.17) is 10.2 Å². The minimum atomic E-state index is -0.834. The summed E-state index contributed by atoms with van der Waals surface area (Å²) in [5.74, 6) is -1.58. The molecule has 6 heteroatoms. The molecular formula is C24H46NNaO4. The standard InChI is InChI=1S/C21H39NO2.C3H6O2.Na.H/c1-2-3-4-5-6-7-8-9-10-11-12-13-14-15-16-17-19-22-20-18-21(23)24;1-2-3(4)5;;/h17,19-20H,2-16,18H2,1H3,(H,23,24);2H2,1H3,(H,4,5);;. The molecule has 0 rings (SSSR count). The van der Waals surface area contributed by atoms with Crippen LogP contribution in [-0.4, -0.2) is 57.9 Å². The molecule has 5 nitrogen and oxygen atoms in total. The molecule has 0 aromatic heterocycles. The van der Waals surface area contributed by atoms with Gasteiger partial charge < -0.3 is 10.2 Å². The van der Waals surface area contributed by atoms with Gasteiger partial charge in [-0.25, -0.2) is 0 Å². The summed E-state index contributed by atoms with van der Waals surface area (Å²) in [6, 6.07) is 0. The number of carboxylic acid groups (broad SMARTS) is 2. The van der Waals surface area contributed by atoms with Crippen molar-refractivity contribution >= 4 is 47.7 Å². The quantitative estimate of drug-likeness (QED) is 0.133. The van der Waals surface area contributed by atoms with E-state index in [1.54, 1.807) is 13.1 Å². The predicted octanol–water partition coefficient (Wildman–Crippen LogP) is 6.75. The van der Waals surface area contributed by atoms with Gasteiger partial charge in [0.05, 0.1) is 6.42 Å². The zero-order valence-corrected chi connectivity index (χ0v) is 18.9. The summed E-state index contributed by atoms with van der Waals surface area (Å²) in [6.45, 7) is 3.87. The molecule has 0 heterocycles. The van der Waals surface area contributed by atoms with Crippen LogP contribution in [0.15, 0.2) is 17.3 Å². The molecule has 0 aliphatic carbocycles. The van der Waals surface area contributed by atoms with Crippen molar-refractivity contribution in [2.75, 3.05) is 0 Å². The van der Waals surface area contributed by atoms with E-state index in [2.05, 4.69) is 11.9 Å². The Morgan fingerprint density at radius 2 is 1.10 bits per heavy atom. The Labute approximate surface area is 207 Å². The summed E-state index contributed by atoms with van der Waals surface area (Å²) in [7, 11) is 0. The Morgan fingerprint density at radius 3 is 1.47 bits per heavy atom. The maximum atomic E-state index is 10.3. The van der Waals surface area contributed by atoms with E-state index in [1.807, 2.05) is 6.08 Å². The summed E-state index contributed by atoms with van der Waals surface area (Å²) < 4.78 is 0. The molecule has 30 heavy (non-hydrogen) atoms. The van der Waals surface area contributed by atoms with Crippen molar-refractivity contribution in [3.05, 3.63) is 12.3 Å². The SMILES string of the molecule is CCC(=O)O.CCCCCCCCCCCCCCCCC=CN=CCC(=O)O.[NaH]. The van der Waals surface area contributed by atoms with Gasteiger partial charge in [0.15, 0.2) is 0 Å². The average Bonchev–Trinajstić information content (AvgIpc) is 2.70. The second kappa shape index (κ2) is 30.5. The van der Waals surface area contributed by atoms with Gasteiger partial charge in [0.1, 0.15) is 0 Å². The molecule has 0 aromatic rings. The summed E-state index contributed by atoms with van der Waals surface area (Å²) in [4.78, 5) is 23.6. The van der Waals surface area contributed by atoms with Gasteiger partial charge in [-0.1, -0.05) is 103 Å². The Kier molecular flexibility index (Phi) is 34.6. The number of rotatable bonds is 19. The first-order valence-electron chi connectivity index (χ1n) is 11.6. The zero-order valence-electron chi connectivity index (χ0n) is 18.9. The van der Waals surface area contributed by atoms with Crippen LogP contribution >= 0.6 is 0 Å². The normalized spacial score (nSPS) is 10.6. The molecule has 0 unspecified atom stereocenters. The van der Waals surface area contributed by atoms with Crippen LogP contribution in [0.2, 0.25) is 0 Å². The third-order valence-corrected chi connectivity index (χ3v) is 4.59. The number of nitrogens with zero attached hydrogens (tertiary/aromatic N) is 1. The van der Waals surface area contributed by atoms with Crippen LogP contribution in [0.3, 0.4) is 0 Å². The van der Waals surface area contributed by atoms with Gasteiger partial charge in [-0.3, -0.25) is 14.6 Å². The predicted molar refractivity (Wildman–Crippen MR) is 130 cm³/mol. The number of aliphatic carboxylic acids is 2. The fraction of sp³-hybridized carbons (Fsp3) is 0.792. The van der Waals surface area contributed by atoms with E-state index in [9.17, 15) is 9.59 Å². The van der Waals surface area contributed by atoms with Crippen LogP contribution in [-0.2, 0) is 9.59 Å². The van der Waals surface area contributed by atoms with Crippen LogP contribution in [0.4, 0.5) is 0 Å². The Hall–Kier alpha value is -0.650. The van der Waals surface area contributed by atoms with Crippen molar-refractivity contribution < 1.29 is 19.8 Å². The van der Waals surface area contributed by atoms with Gasteiger partial charge in [-0.15, -0.1) is 0 Å². The maximum absolute atomic E-state index is 10.3. The van der Waals surface area contributed by atoms with Crippen molar-refractivity contribution in [2.24, 2.45) is 4.99 Å². The van der Waals surface area contributed by atoms with Crippen molar-refractivity contribution in [1.82, 2.24) is 0 Å². The van der Waals surface area contributed by atoms with Gasteiger partial charge in [0.25, 0.3) is 0 Å². The summed E-state index contributed by atoms with van der Waals surface area (Å²) in [5, 5.41) is 16.2. The van der Waals surface area contributed by atoms with E-state index < -0.39 is 11.9 Å². The van der Waals surface area contributed by atoms with E-state index in [0.717, 1.165) is 6.42 Å². The second-order valence-corrected chi connectivity index (χ2v) is 7.45. The number of hydrogen-bond acceptors (Lipinski definition) is 3. The van der Waals surface area contributed by atoms with Gasteiger partial charge in [0.2, 0.25) is 0 Å². The molecule has 0 saturated carbocycles. The summed E-state index contributed by atoms with van der Waals surface area (Å²) in [6.07, 6.45) is 25.8. The number of aliphatic imine (C=N–C) groups is 1. The van der Waals surface area contributed by atoms with Gasteiger partial charge >= 0.3 is 41.5 Å². The second-order valence-electron chi connectivity index (χ2n) is 7.45. The van der Waals surface area contributed by atoms with Gasteiger partial charge in [-0.05, 0) is 12.8 Å². The molecule has 0 aliphatic heterocycles. The zero-order chi connectivity index (χ0) is 22.0. The fourth-order valence-corrected chi connectivity index (χ4v) is 2.78. The van der Waals surface area contributed by atoms with Crippen LogP contribution in [0, 0.1) is 0 Å². The minimum absolute atomic E-state index is 0. The van der Waals surface area contributed by atoms with E-state index >= 15 is 0 Å². The van der Waals surface area contributed by atoms with Crippen LogP contribution in [0.5, 0.6) is 0 Å². The third-order valence-electron chi connectivity index (χ3n) is 4.59. The molecular weight excluding hydrogens is 389 g/mol. The summed E-state index contributed by atoms with van der Waals surface area (Å²) in [5.41, 5.74) is 0. The molecule has 0 bridgehead atoms. The van der Waals surface area contributed by atoms with E-state index in [-0.39, 0.29) is 42.4 Å². The van der Waals surface area contributed by atoms with Gasteiger partial charge in [-0.2, -0.15) is 0 Å². The molecule has 0 radical (unpaired) electrons. The molecule has 0 fully saturated rings. The van der Waals surface area contributed by atoms with Gasteiger partial charge in [0, 0.05) is 18.8 Å². The number of carboxylic acids is 2. The fourth-order valence-electron chi connectivity index (χ4n) is 2.78. The van der Waals surface area contributed by atoms with Crippen LogP contribution < -0.4 is 0 Å². The molecule has 2 N–H and O–H groups in total. The molecule has 0 saturated heterocycles. The van der Waals surface area contributed by atoms with E-state index in [0.29, 0.717) is 0 Å².